The molecule has 0 aromatic carbocycles. The minimum absolute atomic E-state index is 0.681. The molecule has 0 aliphatic carbocycles. The van der Waals surface area contributed by atoms with Gasteiger partial charge in [-0.15, -0.1) is 6.58 Å². The summed E-state index contributed by atoms with van der Waals surface area (Å²) in [5, 5.41) is 6.78. The van der Waals surface area contributed by atoms with Gasteiger partial charge in [-0.05, 0) is 64.4 Å². The molecule has 2 heteroatoms. The van der Waals surface area contributed by atoms with Crippen LogP contribution < -0.4 is 10.6 Å². The number of allylic oxidation sites excluding steroid dienone is 4. The van der Waals surface area contributed by atoms with Gasteiger partial charge in [0, 0.05) is 0 Å². The Morgan fingerprint density at radius 2 is 2.00 bits per heavy atom. The normalized spacial score (nSPS) is 14.4. The first kappa shape index (κ1) is 19.1. The zero-order valence-electron chi connectivity index (χ0n) is 14.0. The van der Waals surface area contributed by atoms with E-state index in [1.54, 1.807) is 0 Å². The summed E-state index contributed by atoms with van der Waals surface area (Å²) in [6, 6.07) is 0. The van der Waals surface area contributed by atoms with Crippen LogP contribution in [-0.4, -0.2) is 26.7 Å². The van der Waals surface area contributed by atoms with Gasteiger partial charge in [0.1, 0.15) is 0 Å². The summed E-state index contributed by atoms with van der Waals surface area (Å²) in [6.45, 7) is 13.8. The molecule has 0 bridgehead atoms. The van der Waals surface area contributed by atoms with Crippen molar-refractivity contribution in [1.29, 1.82) is 0 Å². The van der Waals surface area contributed by atoms with Crippen LogP contribution in [0.3, 0.4) is 0 Å². The second-order valence-electron chi connectivity index (χ2n) is 5.60. The molecule has 2 nitrogen and oxygen atoms in total. The van der Waals surface area contributed by atoms with Crippen molar-refractivity contribution in [1.82, 2.24) is 10.6 Å². The van der Waals surface area contributed by atoms with E-state index in [0.29, 0.717) is 5.92 Å². The van der Waals surface area contributed by atoms with Gasteiger partial charge in [0.25, 0.3) is 0 Å². The van der Waals surface area contributed by atoms with Gasteiger partial charge >= 0.3 is 0 Å². The lowest BCUT2D eigenvalue weighted by atomic mass is 10.0. The molecule has 0 rings (SSSR count). The summed E-state index contributed by atoms with van der Waals surface area (Å²) in [5.41, 5.74) is 3.01. The Bertz CT molecular complexity index is 303. The average Bonchev–Trinajstić information content (AvgIpc) is 2.42. The van der Waals surface area contributed by atoms with Crippen molar-refractivity contribution in [2.45, 2.75) is 46.5 Å². The van der Waals surface area contributed by atoms with Crippen molar-refractivity contribution in [2.75, 3.05) is 26.7 Å². The van der Waals surface area contributed by atoms with E-state index in [4.69, 9.17) is 0 Å². The maximum absolute atomic E-state index is 3.77. The SMILES string of the molecule is C=CCC=C/C(CCNCC(C)CNC)=C(\C)CCC. The molecule has 20 heavy (non-hydrogen) atoms. The van der Waals surface area contributed by atoms with E-state index >= 15 is 0 Å². The average molecular weight is 278 g/mol. The van der Waals surface area contributed by atoms with Crippen molar-refractivity contribution < 1.29 is 0 Å². The van der Waals surface area contributed by atoms with Gasteiger partial charge in [-0.3, -0.25) is 0 Å². The second kappa shape index (κ2) is 13.1. The van der Waals surface area contributed by atoms with Gasteiger partial charge in [0.15, 0.2) is 0 Å². The fourth-order valence-electron chi connectivity index (χ4n) is 2.27. The first-order valence-electron chi connectivity index (χ1n) is 7.97. The third-order valence-corrected chi connectivity index (χ3v) is 3.41. The Morgan fingerprint density at radius 3 is 2.60 bits per heavy atom. The van der Waals surface area contributed by atoms with Gasteiger partial charge in [-0.2, -0.15) is 0 Å². The molecule has 0 radical (unpaired) electrons. The van der Waals surface area contributed by atoms with Gasteiger partial charge in [0.2, 0.25) is 0 Å². The van der Waals surface area contributed by atoms with E-state index in [1.807, 2.05) is 13.1 Å². The van der Waals surface area contributed by atoms with Crippen LogP contribution in [-0.2, 0) is 0 Å². The monoisotopic (exact) mass is 278 g/mol. The highest BCUT2D eigenvalue weighted by atomic mass is 14.9. The third kappa shape index (κ3) is 9.99. The standard InChI is InChI=1S/C18H34N2/c1-6-8-9-11-18(17(4)10-7-2)12-13-20-15-16(3)14-19-5/h6,9,11,16,19-20H,1,7-8,10,12-15H2,2-5H3/b11-9?,18-17-. The van der Waals surface area contributed by atoms with Gasteiger partial charge in [-0.1, -0.05) is 44.1 Å². The maximum Gasteiger partial charge on any atom is -0.000825 e. The fraction of sp³-hybridized carbons (Fsp3) is 0.667. The van der Waals surface area contributed by atoms with Crippen LogP contribution in [0.5, 0.6) is 0 Å². The van der Waals surface area contributed by atoms with E-state index in [0.717, 1.165) is 32.5 Å². The molecule has 0 saturated carbocycles. The van der Waals surface area contributed by atoms with Gasteiger partial charge in [0.05, 0.1) is 0 Å². The lowest BCUT2D eigenvalue weighted by Crippen LogP contribution is -2.28. The molecule has 0 aliphatic heterocycles. The molecule has 0 aromatic rings. The minimum atomic E-state index is 0.681. The summed E-state index contributed by atoms with van der Waals surface area (Å²) in [6.07, 6.45) is 10.9. The summed E-state index contributed by atoms with van der Waals surface area (Å²) in [4.78, 5) is 0. The highest BCUT2D eigenvalue weighted by Gasteiger charge is 2.02. The molecule has 0 aliphatic rings. The predicted molar refractivity (Wildman–Crippen MR) is 92.1 cm³/mol. The van der Waals surface area contributed by atoms with Crippen molar-refractivity contribution in [3.8, 4) is 0 Å². The smallest absolute Gasteiger partial charge is 0.000825 e. The van der Waals surface area contributed by atoms with Crippen LogP contribution >= 0.6 is 0 Å². The zero-order chi connectivity index (χ0) is 15.2. The van der Waals surface area contributed by atoms with E-state index in [9.17, 15) is 0 Å². The molecule has 0 aromatic heterocycles. The van der Waals surface area contributed by atoms with Crippen LogP contribution in [0.25, 0.3) is 0 Å². The van der Waals surface area contributed by atoms with E-state index < -0.39 is 0 Å². The molecule has 0 amide bonds. The predicted octanol–water partition coefficient (Wildman–Crippen LogP) is 4.07. The summed E-state index contributed by atoms with van der Waals surface area (Å²) >= 11 is 0. The number of hydrogen-bond acceptors (Lipinski definition) is 2. The first-order valence-corrected chi connectivity index (χ1v) is 7.97. The lowest BCUT2D eigenvalue weighted by molar-refractivity contribution is 0.493. The van der Waals surface area contributed by atoms with Crippen LogP contribution in [0.2, 0.25) is 0 Å². The summed E-state index contributed by atoms with van der Waals surface area (Å²) < 4.78 is 0. The van der Waals surface area contributed by atoms with E-state index in [-0.39, 0.29) is 0 Å². The quantitative estimate of drug-likeness (QED) is 0.319. The van der Waals surface area contributed by atoms with Crippen LogP contribution in [0, 0.1) is 5.92 Å². The molecule has 0 fully saturated rings. The third-order valence-electron chi connectivity index (χ3n) is 3.41. The molecule has 0 spiro atoms. The molecular weight excluding hydrogens is 244 g/mol. The molecule has 2 N–H and O–H groups in total. The fourth-order valence-corrected chi connectivity index (χ4v) is 2.27. The molecule has 0 heterocycles. The summed E-state index contributed by atoms with van der Waals surface area (Å²) in [5.74, 6) is 0.681. The number of nitrogens with one attached hydrogen (secondary N) is 2. The topological polar surface area (TPSA) is 24.1 Å². The Labute approximate surface area is 126 Å². The highest BCUT2D eigenvalue weighted by Crippen LogP contribution is 2.15. The first-order chi connectivity index (χ1) is 9.65. The summed E-state index contributed by atoms with van der Waals surface area (Å²) in [7, 11) is 2.01. The molecular formula is C18H34N2. The molecule has 1 atom stereocenters. The van der Waals surface area contributed by atoms with Gasteiger partial charge in [-0.25, -0.2) is 0 Å². The van der Waals surface area contributed by atoms with Crippen molar-refractivity contribution >= 4 is 0 Å². The van der Waals surface area contributed by atoms with Crippen LogP contribution in [0.15, 0.2) is 36.0 Å². The zero-order valence-corrected chi connectivity index (χ0v) is 14.0. The Hall–Kier alpha value is -0.860. The van der Waals surface area contributed by atoms with E-state index in [1.165, 1.54) is 24.0 Å². The maximum atomic E-state index is 3.77. The Morgan fingerprint density at radius 1 is 1.25 bits per heavy atom. The minimum Gasteiger partial charge on any atom is -0.319 e. The van der Waals surface area contributed by atoms with Gasteiger partial charge < -0.3 is 10.6 Å². The lowest BCUT2D eigenvalue weighted by Gasteiger charge is -2.13. The number of rotatable bonds is 12. The number of hydrogen-bond donors (Lipinski definition) is 2. The Kier molecular flexibility index (Phi) is 12.6. The molecule has 116 valence electrons. The van der Waals surface area contributed by atoms with Crippen LogP contribution in [0.4, 0.5) is 0 Å². The second-order valence-corrected chi connectivity index (χ2v) is 5.60. The van der Waals surface area contributed by atoms with Crippen molar-refractivity contribution in [2.24, 2.45) is 5.92 Å². The van der Waals surface area contributed by atoms with Crippen molar-refractivity contribution in [3.05, 3.63) is 36.0 Å². The largest absolute Gasteiger partial charge is 0.319 e. The molecule has 0 saturated heterocycles. The van der Waals surface area contributed by atoms with Crippen molar-refractivity contribution in [3.63, 3.8) is 0 Å². The van der Waals surface area contributed by atoms with Crippen LogP contribution in [0.1, 0.15) is 46.5 Å². The molecule has 1 unspecified atom stereocenters. The highest BCUT2D eigenvalue weighted by molar-refractivity contribution is 5.25. The van der Waals surface area contributed by atoms with E-state index in [2.05, 4.69) is 50.1 Å². The Balaban J connectivity index is 4.23.